The molecule has 2 N–H and O–H groups in total. The first kappa shape index (κ1) is 7.54. The molecule has 0 aromatic carbocycles. The third-order valence-corrected chi connectivity index (χ3v) is 2.05. The standard InChI is InChI=1S/C7H14N2O/c1-2-6(7(8)10)9-4-3-5-9/h6H,2-5H2,1H3,(H2,8,10). The SMILES string of the molecule is CCC(C(N)=O)N1CCC1. The molecule has 0 spiro atoms. The topological polar surface area (TPSA) is 46.3 Å². The molecule has 1 aliphatic rings. The zero-order chi connectivity index (χ0) is 7.56. The first-order valence-electron chi connectivity index (χ1n) is 3.79. The number of likely N-dealkylation sites (tertiary alicyclic amines) is 1. The van der Waals surface area contributed by atoms with Gasteiger partial charge in [-0.3, -0.25) is 9.69 Å². The fourth-order valence-electron chi connectivity index (χ4n) is 1.29. The Morgan fingerprint density at radius 3 is 2.40 bits per heavy atom. The van der Waals surface area contributed by atoms with Crippen molar-refractivity contribution in [1.29, 1.82) is 0 Å². The van der Waals surface area contributed by atoms with E-state index in [2.05, 4.69) is 4.90 Å². The third-order valence-electron chi connectivity index (χ3n) is 2.05. The van der Waals surface area contributed by atoms with Crippen LogP contribution in [0.2, 0.25) is 0 Å². The Kier molecular flexibility index (Phi) is 2.27. The van der Waals surface area contributed by atoms with Crippen molar-refractivity contribution in [2.45, 2.75) is 25.8 Å². The number of carbonyl (C=O) groups excluding carboxylic acids is 1. The molecule has 3 heteroatoms. The summed E-state index contributed by atoms with van der Waals surface area (Å²) in [6.45, 7) is 4.08. The Bertz CT molecular complexity index is 132. The van der Waals surface area contributed by atoms with E-state index in [4.69, 9.17) is 5.73 Å². The van der Waals surface area contributed by atoms with Crippen LogP contribution in [0.15, 0.2) is 0 Å². The number of rotatable bonds is 3. The van der Waals surface area contributed by atoms with E-state index in [1.807, 2.05) is 6.92 Å². The molecule has 0 bridgehead atoms. The summed E-state index contributed by atoms with van der Waals surface area (Å²) in [7, 11) is 0. The molecular weight excluding hydrogens is 128 g/mol. The van der Waals surface area contributed by atoms with Gasteiger partial charge in [0.1, 0.15) is 0 Å². The van der Waals surface area contributed by atoms with Crippen LogP contribution >= 0.6 is 0 Å². The van der Waals surface area contributed by atoms with Crippen LogP contribution in [0, 0.1) is 0 Å². The predicted octanol–water partition coefficient (Wildman–Crippen LogP) is -0.0440. The van der Waals surface area contributed by atoms with Gasteiger partial charge >= 0.3 is 0 Å². The van der Waals surface area contributed by atoms with Crippen molar-refractivity contribution in [3.8, 4) is 0 Å². The second kappa shape index (κ2) is 3.01. The lowest BCUT2D eigenvalue weighted by Crippen LogP contribution is -2.50. The molecule has 1 rings (SSSR count). The second-order valence-corrected chi connectivity index (χ2v) is 2.72. The maximum Gasteiger partial charge on any atom is 0.234 e. The molecule has 58 valence electrons. The van der Waals surface area contributed by atoms with Crippen LogP contribution in [0.5, 0.6) is 0 Å². The Hall–Kier alpha value is -0.570. The minimum absolute atomic E-state index is 0.00579. The summed E-state index contributed by atoms with van der Waals surface area (Å²) in [4.78, 5) is 12.9. The fourth-order valence-corrected chi connectivity index (χ4v) is 1.29. The van der Waals surface area contributed by atoms with Crippen molar-refractivity contribution < 1.29 is 4.79 Å². The van der Waals surface area contributed by atoms with Gasteiger partial charge in [-0.2, -0.15) is 0 Å². The van der Waals surface area contributed by atoms with Crippen molar-refractivity contribution in [3.63, 3.8) is 0 Å². The van der Waals surface area contributed by atoms with Crippen LogP contribution in [0.1, 0.15) is 19.8 Å². The highest BCUT2D eigenvalue weighted by Gasteiger charge is 2.25. The van der Waals surface area contributed by atoms with E-state index in [0.29, 0.717) is 0 Å². The highest BCUT2D eigenvalue weighted by Crippen LogP contribution is 2.12. The van der Waals surface area contributed by atoms with Crippen LogP contribution < -0.4 is 5.73 Å². The highest BCUT2D eigenvalue weighted by molar-refractivity contribution is 5.79. The van der Waals surface area contributed by atoms with Crippen molar-refractivity contribution in [2.75, 3.05) is 13.1 Å². The normalized spacial score (nSPS) is 21.7. The number of nitrogens with two attached hydrogens (primary N) is 1. The molecule has 1 unspecified atom stereocenters. The number of hydrogen-bond acceptors (Lipinski definition) is 2. The lowest BCUT2D eigenvalue weighted by atomic mass is 10.1. The van der Waals surface area contributed by atoms with Gasteiger partial charge in [-0.25, -0.2) is 0 Å². The molecule has 3 nitrogen and oxygen atoms in total. The Morgan fingerprint density at radius 2 is 2.30 bits per heavy atom. The zero-order valence-corrected chi connectivity index (χ0v) is 6.34. The molecule has 1 heterocycles. The third kappa shape index (κ3) is 1.29. The second-order valence-electron chi connectivity index (χ2n) is 2.72. The minimum Gasteiger partial charge on any atom is -0.368 e. The number of carbonyl (C=O) groups is 1. The maximum atomic E-state index is 10.7. The van der Waals surface area contributed by atoms with Crippen molar-refractivity contribution in [3.05, 3.63) is 0 Å². The summed E-state index contributed by atoms with van der Waals surface area (Å²) in [6.07, 6.45) is 2.05. The van der Waals surface area contributed by atoms with Crippen molar-refractivity contribution in [2.24, 2.45) is 5.73 Å². The number of hydrogen-bond donors (Lipinski definition) is 1. The monoisotopic (exact) mass is 142 g/mol. The summed E-state index contributed by atoms with van der Waals surface area (Å²) < 4.78 is 0. The van der Waals surface area contributed by atoms with Crippen LogP contribution in [-0.4, -0.2) is 29.9 Å². The Morgan fingerprint density at radius 1 is 1.70 bits per heavy atom. The van der Waals surface area contributed by atoms with E-state index in [1.165, 1.54) is 6.42 Å². The quantitative estimate of drug-likeness (QED) is 0.601. The molecular formula is C7H14N2O. The molecule has 0 aromatic rings. The number of nitrogens with zero attached hydrogens (tertiary/aromatic N) is 1. The van der Waals surface area contributed by atoms with Gasteiger partial charge in [0.05, 0.1) is 6.04 Å². The molecule has 1 saturated heterocycles. The average molecular weight is 142 g/mol. The van der Waals surface area contributed by atoms with E-state index in [9.17, 15) is 4.79 Å². The summed E-state index contributed by atoms with van der Waals surface area (Å²) in [5, 5.41) is 0. The van der Waals surface area contributed by atoms with E-state index >= 15 is 0 Å². The summed E-state index contributed by atoms with van der Waals surface area (Å²) in [6, 6.07) is -0.00579. The van der Waals surface area contributed by atoms with E-state index in [-0.39, 0.29) is 11.9 Å². The van der Waals surface area contributed by atoms with Gasteiger partial charge in [-0.05, 0) is 12.8 Å². The summed E-state index contributed by atoms with van der Waals surface area (Å²) in [5.41, 5.74) is 5.18. The van der Waals surface area contributed by atoms with E-state index < -0.39 is 0 Å². The molecule has 0 radical (unpaired) electrons. The van der Waals surface area contributed by atoms with Gasteiger partial charge in [0, 0.05) is 13.1 Å². The first-order chi connectivity index (χ1) is 4.75. The van der Waals surface area contributed by atoms with Crippen LogP contribution in [0.4, 0.5) is 0 Å². The Balaban J connectivity index is 2.39. The van der Waals surface area contributed by atoms with Gasteiger partial charge < -0.3 is 5.73 Å². The zero-order valence-electron chi connectivity index (χ0n) is 6.34. The fraction of sp³-hybridized carbons (Fsp3) is 0.857. The highest BCUT2D eigenvalue weighted by atomic mass is 16.1. The largest absolute Gasteiger partial charge is 0.368 e. The molecule has 1 aliphatic heterocycles. The van der Waals surface area contributed by atoms with Gasteiger partial charge in [-0.1, -0.05) is 6.92 Å². The molecule has 10 heavy (non-hydrogen) atoms. The molecule has 0 saturated carbocycles. The smallest absolute Gasteiger partial charge is 0.234 e. The minimum atomic E-state index is -0.179. The molecule has 1 amide bonds. The molecule has 1 atom stereocenters. The molecule has 0 aromatic heterocycles. The van der Waals surface area contributed by atoms with Crippen molar-refractivity contribution in [1.82, 2.24) is 4.90 Å². The van der Waals surface area contributed by atoms with Crippen LogP contribution in [0.3, 0.4) is 0 Å². The first-order valence-corrected chi connectivity index (χ1v) is 3.79. The molecule has 1 fully saturated rings. The summed E-state index contributed by atoms with van der Waals surface area (Å²) in [5.74, 6) is -0.179. The van der Waals surface area contributed by atoms with Crippen molar-refractivity contribution >= 4 is 5.91 Å². The van der Waals surface area contributed by atoms with Gasteiger partial charge in [0.2, 0.25) is 5.91 Å². The maximum absolute atomic E-state index is 10.7. The molecule has 0 aliphatic carbocycles. The van der Waals surface area contributed by atoms with Crippen LogP contribution in [0.25, 0.3) is 0 Å². The number of amides is 1. The van der Waals surface area contributed by atoms with Gasteiger partial charge in [0.25, 0.3) is 0 Å². The Labute approximate surface area is 61.2 Å². The van der Waals surface area contributed by atoms with Crippen LogP contribution in [-0.2, 0) is 4.79 Å². The lowest BCUT2D eigenvalue weighted by molar-refractivity contribution is -0.124. The lowest BCUT2D eigenvalue weighted by Gasteiger charge is -2.35. The van der Waals surface area contributed by atoms with E-state index in [1.54, 1.807) is 0 Å². The van der Waals surface area contributed by atoms with E-state index in [0.717, 1.165) is 19.5 Å². The number of primary amides is 1. The summed E-state index contributed by atoms with van der Waals surface area (Å²) >= 11 is 0. The predicted molar refractivity (Wildman–Crippen MR) is 39.5 cm³/mol. The average Bonchev–Trinajstić information content (AvgIpc) is 1.76. The van der Waals surface area contributed by atoms with Gasteiger partial charge in [-0.15, -0.1) is 0 Å². The van der Waals surface area contributed by atoms with Gasteiger partial charge in [0.15, 0.2) is 0 Å².